The van der Waals surface area contributed by atoms with Crippen molar-refractivity contribution in [1.29, 1.82) is 0 Å². The number of carbonyl (C=O) groups excluding carboxylic acids is 1. The van der Waals surface area contributed by atoms with E-state index in [9.17, 15) is 9.18 Å². The van der Waals surface area contributed by atoms with Gasteiger partial charge in [0.1, 0.15) is 11.2 Å². The molecule has 2 atom stereocenters. The Morgan fingerprint density at radius 2 is 1.84 bits per heavy atom. The smallest absolute Gasteiger partial charge is 0.228 e. The van der Waals surface area contributed by atoms with Gasteiger partial charge in [-0.25, -0.2) is 9.37 Å². The van der Waals surface area contributed by atoms with Gasteiger partial charge in [0.05, 0.1) is 11.9 Å². The first kappa shape index (κ1) is 26.2. The Labute approximate surface area is 221 Å². The Morgan fingerprint density at radius 3 is 2.57 bits per heavy atom. The summed E-state index contributed by atoms with van der Waals surface area (Å²) >= 11 is 0. The standard InChI is InChI=1S/C28H38FN6OP/c1-28(29,37)19-35-12-8-20(9-13-35)27(36)32-26-15-23-14-21(6-7-22(23)16-30-26)24-17-31-33(2)25(24)18-34-10-4-3-5-11-34/h6-7,14-17,20H,3-5,8-13,18-19,37H2,1-2H3,(H,30,32,36). The van der Waals surface area contributed by atoms with E-state index in [0.717, 1.165) is 67.5 Å². The number of hydrogen-bond acceptors (Lipinski definition) is 5. The summed E-state index contributed by atoms with van der Waals surface area (Å²) in [6.45, 7) is 6.58. The van der Waals surface area contributed by atoms with E-state index in [1.165, 1.54) is 25.0 Å². The highest BCUT2D eigenvalue weighted by Gasteiger charge is 2.28. The highest BCUT2D eigenvalue weighted by atomic mass is 31.0. The summed E-state index contributed by atoms with van der Waals surface area (Å²) in [4.78, 5) is 22.1. The molecule has 2 unspecified atom stereocenters. The molecule has 2 aliphatic heterocycles. The zero-order chi connectivity index (χ0) is 26.0. The average molecular weight is 525 g/mol. The van der Waals surface area contributed by atoms with Crippen molar-refractivity contribution in [3.05, 3.63) is 42.4 Å². The van der Waals surface area contributed by atoms with Crippen LogP contribution in [0.5, 0.6) is 0 Å². The number of amides is 1. The van der Waals surface area contributed by atoms with Crippen molar-refractivity contribution in [2.75, 3.05) is 38.0 Å². The summed E-state index contributed by atoms with van der Waals surface area (Å²) in [6, 6.07) is 8.33. The Hall–Kier alpha value is -2.41. The molecule has 0 aliphatic carbocycles. The molecule has 2 saturated heterocycles. The van der Waals surface area contributed by atoms with E-state index in [2.05, 4.69) is 52.6 Å². The van der Waals surface area contributed by atoms with Gasteiger partial charge in [0.2, 0.25) is 5.91 Å². The first-order valence-corrected chi connectivity index (χ1v) is 14.0. The second-order valence-electron chi connectivity index (χ2n) is 10.9. The van der Waals surface area contributed by atoms with Crippen LogP contribution in [-0.2, 0) is 18.4 Å². The molecule has 1 N–H and O–H groups in total. The molecule has 9 heteroatoms. The van der Waals surface area contributed by atoms with E-state index < -0.39 is 5.41 Å². The van der Waals surface area contributed by atoms with Gasteiger partial charge in [0, 0.05) is 43.2 Å². The van der Waals surface area contributed by atoms with Gasteiger partial charge in [0.15, 0.2) is 0 Å². The fourth-order valence-electron chi connectivity index (χ4n) is 5.62. The maximum absolute atomic E-state index is 13.9. The zero-order valence-electron chi connectivity index (χ0n) is 21.9. The average Bonchev–Trinajstić information content (AvgIpc) is 3.23. The number of anilines is 1. The first-order chi connectivity index (χ1) is 17.7. The molecular weight excluding hydrogens is 486 g/mol. The lowest BCUT2D eigenvalue weighted by molar-refractivity contribution is -0.121. The second-order valence-corrected chi connectivity index (χ2v) is 12.1. The van der Waals surface area contributed by atoms with Crippen molar-refractivity contribution >= 4 is 31.7 Å². The monoisotopic (exact) mass is 524 g/mol. The number of nitrogens with one attached hydrogen (secondary N) is 1. The lowest BCUT2D eigenvalue weighted by atomic mass is 9.95. The van der Waals surface area contributed by atoms with Crippen molar-refractivity contribution in [2.45, 2.75) is 51.0 Å². The van der Waals surface area contributed by atoms with Crippen LogP contribution in [0.1, 0.15) is 44.7 Å². The molecule has 0 saturated carbocycles. The number of carbonyl (C=O) groups is 1. The third-order valence-electron chi connectivity index (χ3n) is 7.66. The van der Waals surface area contributed by atoms with E-state index in [1.807, 2.05) is 30.2 Å². The Bertz CT molecular complexity index is 1240. The van der Waals surface area contributed by atoms with Crippen LogP contribution in [0.25, 0.3) is 21.9 Å². The van der Waals surface area contributed by atoms with E-state index >= 15 is 0 Å². The fraction of sp³-hybridized carbons (Fsp3) is 0.536. The number of benzene rings is 1. The molecule has 37 heavy (non-hydrogen) atoms. The van der Waals surface area contributed by atoms with Crippen LogP contribution >= 0.6 is 9.24 Å². The van der Waals surface area contributed by atoms with Crippen molar-refractivity contribution in [2.24, 2.45) is 13.0 Å². The number of aryl methyl sites for hydroxylation is 1. The molecule has 198 valence electrons. The zero-order valence-corrected chi connectivity index (χ0v) is 23.1. The van der Waals surface area contributed by atoms with Crippen LogP contribution in [0.3, 0.4) is 0 Å². The molecule has 2 aromatic heterocycles. The number of likely N-dealkylation sites (tertiary alicyclic amines) is 2. The summed E-state index contributed by atoms with van der Waals surface area (Å²) in [7, 11) is 4.27. The Morgan fingerprint density at radius 1 is 1.08 bits per heavy atom. The third-order valence-corrected chi connectivity index (χ3v) is 7.84. The summed E-state index contributed by atoms with van der Waals surface area (Å²) in [5.74, 6) is 0.480. The molecule has 3 aromatic rings. The number of pyridine rings is 1. The largest absolute Gasteiger partial charge is 0.310 e. The van der Waals surface area contributed by atoms with Gasteiger partial charge in [-0.3, -0.25) is 19.3 Å². The van der Waals surface area contributed by atoms with Crippen LogP contribution in [0.2, 0.25) is 0 Å². The fourth-order valence-corrected chi connectivity index (χ4v) is 5.87. The summed E-state index contributed by atoms with van der Waals surface area (Å²) in [5, 5.41) is 8.36. The van der Waals surface area contributed by atoms with Gasteiger partial charge in [-0.2, -0.15) is 5.10 Å². The van der Waals surface area contributed by atoms with Crippen LogP contribution in [-0.4, -0.2) is 68.6 Å². The van der Waals surface area contributed by atoms with Gasteiger partial charge >= 0.3 is 0 Å². The highest BCUT2D eigenvalue weighted by Crippen LogP contribution is 2.30. The minimum absolute atomic E-state index is 0.00684. The number of alkyl halides is 1. The van der Waals surface area contributed by atoms with Crippen molar-refractivity contribution < 1.29 is 9.18 Å². The lowest BCUT2D eigenvalue weighted by Gasteiger charge is -2.33. The minimum Gasteiger partial charge on any atom is -0.310 e. The van der Waals surface area contributed by atoms with Gasteiger partial charge in [-0.05, 0) is 81.9 Å². The minimum atomic E-state index is -1.30. The molecule has 0 spiro atoms. The molecule has 0 radical (unpaired) electrons. The van der Waals surface area contributed by atoms with E-state index in [-0.39, 0.29) is 11.8 Å². The number of hydrogen-bond donors (Lipinski definition) is 1. The number of piperidine rings is 2. The van der Waals surface area contributed by atoms with E-state index in [4.69, 9.17) is 0 Å². The van der Waals surface area contributed by atoms with E-state index in [0.29, 0.717) is 12.4 Å². The topological polar surface area (TPSA) is 66.3 Å². The number of fused-ring (bicyclic) bond motifs is 1. The highest BCUT2D eigenvalue weighted by molar-refractivity contribution is 7.18. The van der Waals surface area contributed by atoms with Gasteiger partial charge in [-0.15, -0.1) is 0 Å². The van der Waals surface area contributed by atoms with Gasteiger partial charge < -0.3 is 5.32 Å². The van der Waals surface area contributed by atoms with Crippen molar-refractivity contribution in [3.63, 3.8) is 0 Å². The van der Waals surface area contributed by atoms with Crippen LogP contribution in [0.4, 0.5) is 10.2 Å². The number of rotatable bonds is 7. The Kier molecular flexibility index (Phi) is 7.89. The molecule has 0 bridgehead atoms. The number of aromatic nitrogens is 3. The molecule has 1 amide bonds. The maximum Gasteiger partial charge on any atom is 0.228 e. The van der Waals surface area contributed by atoms with Crippen molar-refractivity contribution in [3.8, 4) is 11.1 Å². The quantitative estimate of drug-likeness (QED) is 0.449. The second kappa shape index (κ2) is 11.1. The predicted octanol–water partition coefficient (Wildman–Crippen LogP) is 4.83. The van der Waals surface area contributed by atoms with E-state index in [1.54, 1.807) is 6.92 Å². The third kappa shape index (κ3) is 6.54. The van der Waals surface area contributed by atoms with Gasteiger partial charge in [-0.1, -0.05) is 27.8 Å². The molecule has 5 rings (SSSR count). The molecule has 2 aliphatic rings. The molecule has 1 aromatic carbocycles. The Balaban J connectivity index is 1.28. The predicted molar refractivity (Wildman–Crippen MR) is 150 cm³/mol. The summed E-state index contributed by atoms with van der Waals surface area (Å²) in [5.41, 5.74) is 3.50. The normalized spacial score (nSPS) is 19.7. The van der Waals surface area contributed by atoms with Crippen LogP contribution < -0.4 is 5.32 Å². The number of nitrogens with zero attached hydrogens (tertiary/aromatic N) is 5. The lowest BCUT2D eigenvalue weighted by Crippen LogP contribution is -2.42. The van der Waals surface area contributed by atoms with Crippen LogP contribution in [0.15, 0.2) is 36.7 Å². The molecule has 4 heterocycles. The summed E-state index contributed by atoms with van der Waals surface area (Å²) < 4.78 is 15.9. The SMILES string of the molecule is Cn1ncc(-c2ccc3cnc(NC(=O)C4CCN(CC(C)(F)P)CC4)cc3c2)c1CN1CCCCC1. The molecule has 2 fully saturated rings. The maximum atomic E-state index is 13.9. The summed E-state index contributed by atoms with van der Waals surface area (Å²) in [6.07, 6.45) is 9.07. The number of halogens is 1. The van der Waals surface area contributed by atoms with Gasteiger partial charge in [0.25, 0.3) is 0 Å². The van der Waals surface area contributed by atoms with Crippen molar-refractivity contribution in [1.82, 2.24) is 24.6 Å². The molecule has 7 nitrogen and oxygen atoms in total. The van der Waals surface area contributed by atoms with Crippen LogP contribution in [0, 0.1) is 5.92 Å². The first-order valence-electron chi connectivity index (χ1n) is 13.4. The molecular formula is C28H38FN6OP.